The molecule has 0 saturated carbocycles. The van der Waals surface area contributed by atoms with Crippen LogP contribution in [0, 0.1) is 11.7 Å². The Labute approximate surface area is 119 Å². The zero-order valence-electron chi connectivity index (χ0n) is 11.4. The van der Waals surface area contributed by atoms with Crippen molar-refractivity contribution >= 4 is 11.6 Å². The van der Waals surface area contributed by atoms with Crippen molar-refractivity contribution in [3.63, 3.8) is 0 Å². The van der Waals surface area contributed by atoms with Gasteiger partial charge in [-0.25, -0.2) is 4.39 Å². The molecule has 0 radical (unpaired) electrons. The van der Waals surface area contributed by atoms with Crippen molar-refractivity contribution in [2.75, 3.05) is 19.6 Å². The Morgan fingerprint density at radius 1 is 1.42 bits per heavy atom. The highest BCUT2D eigenvalue weighted by atomic mass is 35.5. The van der Waals surface area contributed by atoms with Gasteiger partial charge in [-0.05, 0) is 69.4 Å². The highest BCUT2D eigenvalue weighted by Gasteiger charge is 2.23. The predicted octanol–water partition coefficient (Wildman–Crippen LogP) is 3.60. The molecule has 0 spiro atoms. The minimum Gasteiger partial charge on any atom is -0.330 e. The molecule has 1 aliphatic rings. The smallest absolute Gasteiger partial charge is 0.141 e. The number of halogens is 2. The van der Waals surface area contributed by atoms with Gasteiger partial charge in [-0.2, -0.15) is 0 Å². The molecule has 1 aromatic rings. The predicted molar refractivity (Wildman–Crippen MR) is 77.8 cm³/mol. The lowest BCUT2D eigenvalue weighted by Gasteiger charge is -2.36. The number of nitrogens with zero attached hydrogens (tertiary/aromatic N) is 1. The van der Waals surface area contributed by atoms with E-state index in [1.54, 1.807) is 6.07 Å². The lowest BCUT2D eigenvalue weighted by Crippen LogP contribution is -2.36. The fourth-order valence-corrected chi connectivity index (χ4v) is 3.04. The van der Waals surface area contributed by atoms with E-state index >= 15 is 0 Å². The third-order valence-electron chi connectivity index (χ3n) is 4.20. The van der Waals surface area contributed by atoms with Crippen LogP contribution in [0.15, 0.2) is 18.2 Å². The molecule has 1 aliphatic heterocycles. The van der Waals surface area contributed by atoms with Crippen LogP contribution in [0.1, 0.15) is 37.8 Å². The monoisotopic (exact) mass is 284 g/mol. The molecule has 19 heavy (non-hydrogen) atoms. The molecule has 1 fully saturated rings. The summed E-state index contributed by atoms with van der Waals surface area (Å²) in [4.78, 5) is 2.44. The highest BCUT2D eigenvalue weighted by molar-refractivity contribution is 6.30. The molecule has 1 heterocycles. The van der Waals surface area contributed by atoms with Gasteiger partial charge in [0.15, 0.2) is 0 Å². The molecule has 1 aromatic carbocycles. The zero-order valence-corrected chi connectivity index (χ0v) is 12.2. The average Bonchev–Trinajstić information content (AvgIpc) is 2.42. The third kappa shape index (κ3) is 3.68. The molecule has 106 valence electrons. The maximum absolute atomic E-state index is 13.2. The molecule has 2 N–H and O–H groups in total. The lowest BCUT2D eigenvalue weighted by molar-refractivity contribution is 0.138. The molecular weight excluding hydrogens is 263 g/mol. The largest absolute Gasteiger partial charge is 0.330 e. The van der Waals surface area contributed by atoms with Crippen molar-refractivity contribution in [3.05, 3.63) is 34.6 Å². The van der Waals surface area contributed by atoms with Crippen LogP contribution < -0.4 is 5.73 Å². The van der Waals surface area contributed by atoms with Gasteiger partial charge in [0, 0.05) is 6.04 Å². The summed E-state index contributed by atoms with van der Waals surface area (Å²) in [6.45, 7) is 5.11. The fraction of sp³-hybridized carbons (Fsp3) is 0.600. The second-order valence-electron chi connectivity index (χ2n) is 5.41. The summed E-state index contributed by atoms with van der Waals surface area (Å²) in [5, 5.41) is 0.211. The van der Waals surface area contributed by atoms with Gasteiger partial charge in [-0.1, -0.05) is 17.7 Å². The van der Waals surface area contributed by atoms with Crippen LogP contribution in [0.5, 0.6) is 0 Å². The third-order valence-corrected chi connectivity index (χ3v) is 4.49. The minimum absolute atomic E-state index is 0.211. The Morgan fingerprint density at radius 3 is 2.68 bits per heavy atom. The van der Waals surface area contributed by atoms with E-state index in [1.807, 2.05) is 6.07 Å². The Morgan fingerprint density at radius 2 is 2.11 bits per heavy atom. The molecule has 1 atom stereocenters. The Balaban J connectivity index is 1.97. The molecule has 0 bridgehead atoms. The quantitative estimate of drug-likeness (QED) is 0.915. The number of rotatable bonds is 4. The zero-order chi connectivity index (χ0) is 13.8. The van der Waals surface area contributed by atoms with Crippen LogP contribution in [-0.4, -0.2) is 24.5 Å². The molecule has 0 aromatic heterocycles. The van der Waals surface area contributed by atoms with E-state index in [2.05, 4.69) is 11.8 Å². The number of benzene rings is 1. The molecular formula is C15H22ClFN2. The van der Waals surface area contributed by atoms with Gasteiger partial charge in [-0.15, -0.1) is 0 Å². The number of likely N-dealkylation sites (tertiary alicyclic amines) is 1. The SMILES string of the molecule is CC(c1ccc(F)c(Cl)c1)N1CCC(CCN)CC1. The van der Waals surface area contributed by atoms with E-state index in [9.17, 15) is 4.39 Å². The summed E-state index contributed by atoms with van der Waals surface area (Å²) in [5.74, 6) is 0.421. The second kappa shape index (κ2) is 6.69. The van der Waals surface area contributed by atoms with Crippen molar-refractivity contribution in [1.29, 1.82) is 0 Å². The van der Waals surface area contributed by atoms with Crippen molar-refractivity contribution in [2.24, 2.45) is 11.7 Å². The normalized spacial score (nSPS) is 19.6. The van der Waals surface area contributed by atoms with Crippen LogP contribution >= 0.6 is 11.6 Å². The summed E-state index contributed by atoms with van der Waals surface area (Å²) in [6.07, 6.45) is 3.54. The van der Waals surface area contributed by atoms with Crippen molar-refractivity contribution in [3.8, 4) is 0 Å². The Hall–Kier alpha value is -0.640. The summed E-state index contributed by atoms with van der Waals surface area (Å²) >= 11 is 5.85. The van der Waals surface area contributed by atoms with Gasteiger partial charge < -0.3 is 5.73 Å². The van der Waals surface area contributed by atoms with Crippen LogP contribution in [0.25, 0.3) is 0 Å². The molecule has 0 aliphatic carbocycles. The first kappa shape index (κ1) is 14.8. The molecule has 2 rings (SSSR count). The van der Waals surface area contributed by atoms with Crippen molar-refractivity contribution < 1.29 is 4.39 Å². The first-order chi connectivity index (χ1) is 9.11. The van der Waals surface area contributed by atoms with Gasteiger partial charge in [0.1, 0.15) is 5.82 Å². The lowest BCUT2D eigenvalue weighted by atomic mass is 9.92. The van der Waals surface area contributed by atoms with E-state index in [4.69, 9.17) is 17.3 Å². The first-order valence-corrected chi connectivity index (χ1v) is 7.38. The summed E-state index contributed by atoms with van der Waals surface area (Å²) in [5.41, 5.74) is 6.70. The minimum atomic E-state index is -0.348. The van der Waals surface area contributed by atoms with Crippen LogP contribution in [0.4, 0.5) is 4.39 Å². The van der Waals surface area contributed by atoms with Gasteiger partial charge in [0.25, 0.3) is 0 Å². The summed E-state index contributed by atoms with van der Waals surface area (Å²) < 4.78 is 13.2. The van der Waals surface area contributed by atoms with Gasteiger partial charge >= 0.3 is 0 Å². The van der Waals surface area contributed by atoms with E-state index in [-0.39, 0.29) is 16.9 Å². The van der Waals surface area contributed by atoms with Gasteiger partial charge in [0.2, 0.25) is 0 Å². The van der Waals surface area contributed by atoms with Crippen LogP contribution in [0.2, 0.25) is 5.02 Å². The van der Waals surface area contributed by atoms with Crippen LogP contribution in [0.3, 0.4) is 0 Å². The van der Waals surface area contributed by atoms with Gasteiger partial charge in [0.05, 0.1) is 5.02 Å². The summed E-state index contributed by atoms with van der Waals surface area (Å²) in [7, 11) is 0. The maximum atomic E-state index is 13.2. The Bertz CT molecular complexity index is 417. The molecule has 1 saturated heterocycles. The molecule has 4 heteroatoms. The summed E-state index contributed by atoms with van der Waals surface area (Å²) in [6, 6.07) is 5.32. The number of hydrogen-bond acceptors (Lipinski definition) is 2. The van der Waals surface area contributed by atoms with Crippen molar-refractivity contribution in [2.45, 2.75) is 32.2 Å². The maximum Gasteiger partial charge on any atom is 0.141 e. The number of hydrogen-bond donors (Lipinski definition) is 1. The van der Waals surface area contributed by atoms with Crippen LogP contribution in [-0.2, 0) is 0 Å². The van der Waals surface area contributed by atoms with E-state index < -0.39 is 0 Å². The molecule has 1 unspecified atom stereocenters. The Kier molecular flexibility index (Phi) is 5.20. The van der Waals surface area contributed by atoms with E-state index in [0.29, 0.717) is 0 Å². The topological polar surface area (TPSA) is 29.3 Å². The number of piperidine rings is 1. The van der Waals surface area contributed by atoms with Crippen molar-refractivity contribution in [1.82, 2.24) is 4.90 Å². The van der Waals surface area contributed by atoms with E-state index in [1.165, 1.54) is 18.9 Å². The first-order valence-electron chi connectivity index (χ1n) is 7.01. The molecule has 2 nitrogen and oxygen atoms in total. The van der Waals surface area contributed by atoms with E-state index in [0.717, 1.165) is 37.5 Å². The number of nitrogens with two attached hydrogens (primary N) is 1. The standard InChI is InChI=1S/C15H22ClFN2/c1-11(13-2-3-15(17)14(16)10-13)19-8-5-12(4-7-18)6-9-19/h2-3,10-12H,4-9,18H2,1H3. The molecule has 0 amide bonds. The second-order valence-corrected chi connectivity index (χ2v) is 5.81. The average molecular weight is 285 g/mol. The highest BCUT2D eigenvalue weighted by Crippen LogP contribution is 2.29. The fourth-order valence-electron chi connectivity index (χ4n) is 2.85. The van der Waals surface area contributed by atoms with Gasteiger partial charge in [-0.3, -0.25) is 4.90 Å².